The molecule has 0 radical (unpaired) electrons. The molecule has 2 aromatic rings. The first-order valence-electron chi connectivity index (χ1n) is 5.26. The molecule has 0 fully saturated rings. The summed E-state index contributed by atoms with van der Waals surface area (Å²) in [5.74, 6) is 0.0385. The number of hydrogen-bond donors (Lipinski definition) is 1. The average Bonchev–Trinajstić information content (AvgIpc) is 2.28. The lowest BCUT2D eigenvalue weighted by molar-refractivity contribution is 0.101. The van der Waals surface area contributed by atoms with E-state index >= 15 is 0 Å². The van der Waals surface area contributed by atoms with Gasteiger partial charge in [0.25, 0.3) is 0 Å². The smallest absolute Gasteiger partial charge is 0.159 e. The highest BCUT2D eigenvalue weighted by molar-refractivity contribution is 6.32. The van der Waals surface area contributed by atoms with Crippen molar-refractivity contribution >= 4 is 40.4 Å². The summed E-state index contributed by atoms with van der Waals surface area (Å²) in [5.41, 5.74) is 2.26. The van der Waals surface area contributed by atoms with Crippen LogP contribution in [0.15, 0.2) is 36.4 Å². The van der Waals surface area contributed by atoms with Crippen molar-refractivity contribution in [2.45, 2.75) is 6.92 Å². The number of carbonyl (C=O) groups is 1. The number of nitrogens with zero attached hydrogens (tertiary/aromatic N) is 1. The number of pyridine rings is 1. The van der Waals surface area contributed by atoms with Gasteiger partial charge >= 0.3 is 0 Å². The van der Waals surface area contributed by atoms with Gasteiger partial charge in [-0.2, -0.15) is 0 Å². The van der Waals surface area contributed by atoms with Gasteiger partial charge in [-0.05, 0) is 43.3 Å². The minimum Gasteiger partial charge on any atom is -0.355 e. The van der Waals surface area contributed by atoms with Gasteiger partial charge in [-0.25, -0.2) is 4.98 Å². The van der Waals surface area contributed by atoms with Gasteiger partial charge in [0.15, 0.2) is 5.78 Å². The van der Waals surface area contributed by atoms with Crippen LogP contribution in [0.1, 0.15) is 17.3 Å². The minimum atomic E-state index is 0.0385. The summed E-state index contributed by atoms with van der Waals surface area (Å²) >= 11 is 11.6. The number of anilines is 2. The third kappa shape index (κ3) is 3.22. The molecule has 0 aliphatic heterocycles. The SMILES string of the molecule is CC(=O)c1ccc(Nc2cc(Cl)nc(Cl)c2)cc1. The van der Waals surface area contributed by atoms with Crippen molar-refractivity contribution in [1.29, 1.82) is 0 Å². The maximum atomic E-state index is 11.1. The van der Waals surface area contributed by atoms with E-state index in [2.05, 4.69) is 10.3 Å². The molecule has 0 saturated heterocycles. The lowest BCUT2D eigenvalue weighted by Crippen LogP contribution is -1.94. The Kier molecular flexibility index (Phi) is 3.84. The molecule has 0 unspecified atom stereocenters. The second-order valence-electron chi connectivity index (χ2n) is 3.76. The fraction of sp³-hybridized carbons (Fsp3) is 0.0769. The molecule has 1 aromatic heterocycles. The molecule has 0 atom stereocenters. The molecule has 0 spiro atoms. The van der Waals surface area contributed by atoms with Crippen LogP contribution in [0.25, 0.3) is 0 Å². The molecule has 1 N–H and O–H groups in total. The number of benzene rings is 1. The first-order valence-corrected chi connectivity index (χ1v) is 6.01. The van der Waals surface area contributed by atoms with E-state index in [1.54, 1.807) is 24.3 Å². The van der Waals surface area contributed by atoms with Crippen LogP contribution >= 0.6 is 23.2 Å². The summed E-state index contributed by atoms with van der Waals surface area (Å²) in [6.45, 7) is 1.53. The number of ketones is 1. The van der Waals surface area contributed by atoms with Gasteiger partial charge in [0.2, 0.25) is 0 Å². The van der Waals surface area contributed by atoms with E-state index in [-0.39, 0.29) is 5.78 Å². The fourth-order valence-corrected chi connectivity index (χ4v) is 1.95. The van der Waals surface area contributed by atoms with E-state index in [9.17, 15) is 4.79 Å². The van der Waals surface area contributed by atoms with Crippen LogP contribution in [0.5, 0.6) is 0 Å². The quantitative estimate of drug-likeness (QED) is 0.672. The van der Waals surface area contributed by atoms with Gasteiger partial charge in [-0.1, -0.05) is 23.2 Å². The Balaban J connectivity index is 2.20. The first-order chi connectivity index (χ1) is 8.54. The minimum absolute atomic E-state index is 0.0385. The number of hydrogen-bond acceptors (Lipinski definition) is 3. The molecule has 0 amide bonds. The van der Waals surface area contributed by atoms with Crippen molar-refractivity contribution in [3.05, 3.63) is 52.3 Å². The first kappa shape index (κ1) is 12.9. The molecule has 0 saturated carbocycles. The van der Waals surface area contributed by atoms with Crippen LogP contribution < -0.4 is 5.32 Å². The highest BCUT2D eigenvalue weighted by Gasteiger charge is 2.02. The normalized spacial score (nSPS) is 10.2. The van der Waals surface area contributed by atoms with Crippen LogP contribution in [0.2, 0.25) is 10.3 Å². The number of halogens is 2. The number of carbonyl (C=O) groups excluding carboxylic acids is 1. The van der Waals surface area contributed by atoms with Gasteiger partial charge in [-0.15, -0.1) is 0 Å². The molecule has 0 aliphatic rings. The van der Waals surface area contributed by atoms with Crippen molar-refractivity contribution < 1.29 is 4.79 Å². The van der Waals surface area contributed by atoms with Gasteiger partial charge in [0.05, 0.1) is 0 Å². The molecule has 5 heteroatoms. The van der Waals surface area contributed by atoms with E-state index in [0.29, 0.717) is 15.9 Å². The Morgan fingerprint density at radius 1 is 1.06 bits per heavy atom. The molecule has 0 aliphatic carbocycles. The van der Waals surface area contributed by atoms with Gasteiger partial charge in [-0.3, -0.25) is 4.79 Å². The zero-order valence-electron chi connectivity index (χ0n) is 9.58. The maximum absolute atomic E-state index is 11.1. The lowest BCUT2D eigenvalue weighted by Gasteiger charge is -2.07. The summed E-state index contributed by atoms with van der Waals surface area (Å²) in [6.07, 6.45) is 0. The zero-order valence-corrected chi connectivity index (χ0v) is 11.1. The van der Waals surface area contributed by atoms with E-state index in [4.69, 9.17) is 23.2 Å². The van der Waals surface area contributed by atoms with Crippen molar-refractivity contribution in [3.8, 4) is 0 Å². The topological polar surface area (TPSA) is 42.0 Å². The summed E-state index contributed by atoms with van der Waals surface area (Å²) in [6, 6.07) is 10.5. The summed E-state index contributed by atoms with van der Waals surface area (Å²) < 4.78 is 0. The van der Waals surface area contributed by atoms with Gasteiger partial charge in [0.1, 0.15) is 10.3 Å². The van der Waals surface area contributed by atoms with Gasteiger partial charge < -0.3 is 5.32 Å². The summed E-state index contributed by atoms with van der Waals surface area (Å²) in [7, 11) is 0. The standard InChI is InChI=1S/C13H10Cl2N2O/c1-8(18)9-2-4-10(5-3-9)16-11-6-12(14)17-13(15)7-11/h2-7H,1H3,(H,16,17). The van der Waals surface area contributed by atoms with Crippen molar-refractivity contribution in [2.75, 3.05) is 5.32 Å². The van der Waals surface area contributed by atoms with Crippen LogP contribution in [-0.2, 0) is 0 Å². The Morgan fingerprint density at radius 3 is 2.11 bits per heavy atom. The van der Waals surface area contributed by atoms with E-state index in [1.165, 1.54) is 6.92 Å². The van der Waals surface area contributed by atoms with Crippen LogP contribution in [-0.4, -0.2) is 10.8 Å². The second-order valence-corrected chi connectivity index (χ2v) is 4.53. The van der Waals surface area contributed by atoms with Crippen molar-refractivity contribution in [2.24, 2.45) is 0 Å². The van der Waals surface area contributed by atoms with E-state index in [0.717, 1.165) is 11.4 Å². The van der Waals surface area contributed by atoms with Gasteiger partial charge in [0, 0.05) is 16.9 Å². The monoisotopic (exact) mass is 280 g/mol. The third-order valence-electron chi connectivity index (χ3n) is 2.34. The summed E-state index contributed by atoms with van der Waals surface area (Å²) in [4.78, 5) is 15.0. The van der Waals surface area contributed by atoms with Crippen LogP contribution in [0.4, 0.5) is 11.4 Å². The number of rotatable bonds is 3. The Morgan fingerprint density at radius 2 is 1.61 bits per heavy atom. The third-order valence-corrected chi connectivity index (χ3v) is 2.73. The molecule has 1 aromatic carbocycles. The highest BCUT2D eigenvalue weighted by Crippen LogP contribution is 2.22. The number of aromatic nitrogens is 1. The fourth-order valence-electron chi connectivity index (χ4n) is 1.49. The number of nitrogens with one attached hydrogen (secondary N) is 1. The highest BCUT2D eigenvalue weighted by atomic mass is 35.5. The van der Waals surface area contributed by atoms with Crippen LogP contribution in [0, 0.1) is 0 Å². The Labute approximate surface area is 115 Å². The second kappa shape index (κ2) is 5.38. The molecular weight excluding hydrogens is 271 g/mol. The summed E-state index contributed by atoms with van der Waals surface area (Å²) in [5, 5.41) is 3.78. The van der Waals surface area contributed by atoms with Crippen molar-refractivity contribution in [1.82, 2.24) is 4.98 Å². The maximum Gasteiger partial charge on any atom is 0.159 e. The van der Waals surface area contributed by atoms with E-state index in [1.807, 2.05) is 12.1 Å². The molecule has 3 nitrogen and oxygen atoms in total. The number of Topliss-reactive ketones (excluding diaryl/α,β-unsaturated/α-hetero) is 1. The molecular formula is C13H10Cl2N2O. The zero-order chi connectivity index (χ0) is 13.1. The predicted octanol–water partition coefficient (Wildman–Crippen LogP) is 4.33. The average molecular weight is 281 g/mol. The lowest BCUT2D eigenvalue weighted by atomic mass is 10.1. The molecule has 92 valence electrons. The van der Waals surface area contributed by atoms with Crippen LogP contribution in [0.3, 0.4) is 0 Å². The molecule has 2 rings (SSSR count). The molecule has 0 bridgehead atoms. The van der Waals surface area contributed by atoms with E-state index < -0.39 is 0 Å². The Bertz CT molecular complexity index is 562. The molecule has 18 heavy (non-hydrogen) atoms. The predicted molar refractivity (Wildman–Crippen MR) is 74.0 cm³/mol. The molecule has 1 heterocycles. The largest absolute Gasteiger partial charge is 0.355 e. The van der Waals surface area contributed by atoms with Crippen molar-refractivity contribution in [3.63, 3.8) is 0 Å². The Hall–Kier alpha value is -1.58.